The summed E-state index contributed by atoms with van der Waals surface area (Å²) in [6, 6.07) is 6.16. The van der Waals surface area contributed by atoms with Gasteiger partial charge in [-0.25, -0.2) is 0 Å². The predicted octanol–water partition coefficient (Wildman–Crippen LogP) is 2.66. The summed E-state index contributed by atoms with van der Waals surface area (Å²) < 4.78 is 11.1. The molecule has 1 aromatic carbocycles. The summed E-state index contributed by atoms with van der Waals surface area (Å²) in [5.41, 5.74) is 0.880. The minimum absolute atomic E-state index is 0.472. The second-order valence-electron chi connectivity index (χ2n) is 6.16. The van der Waals surface area contributed by atoms with Crippen molar-refractivity contribution in [1.82, 2.24) is 5.32 Å². The third-order valence-corrected chi connectivity index (χ3v) is 4.69. The van der Waals surface area contributed by atoms with Gasteiger partial charge < -0.3 is 19.9 Å². The molecule has 3 rings (SSSR count). The van der Waals surface area contributed by atoms with Gasteiger partial charge in [0.1, 0.15) is 13.2 Å². The number of ether oxygens (including phenoxy) is 2. The largest absolute Gasteiger partial charge is 0.486 e. The quantitative estimate of drug-likeness (QED) is 0.875. The number of fused-ring (bicyclic) bond motifs is 1. The number of hydrogen-bond donors (Lipinski definition) is 2. The van der Waals surface area contributed by atoms with E-state index in [0.29, 0.717) is 25.8 Å². The maximum absolute atomic E-state index is 10.4. The van der Waals surface area contributed by atoms with Crippen LogP contribution in [0.3, 0.4) is 0 Å². The third kappa shape index (κ3) is 3.50. The highest BCUT2D eigenvalue weighted by atomic mass is 16.6. The van der Waals surface area contributed by atoms with Crippen LogP contribution in [0.15, 0.2) is 18.2 Å². The van der Waals surface area contributed by atoms with Crippen molar-refractivity contribution in [3.63, 3.8) is 0 Å². The summed E-state index contributed by atoms with van der Waals surface area (Å²) in [5.74, 6) is 2.27. The van der Waals surface area contributed by atoms with E-state index in [0.717, 1.165) is 23.0 Å². The monoisotopic (exact) mass is 291 g/mol. The number of benzene rings is 1. The summed E-state index contributed by atoms with van der Waals surface area (Å²) in [5, 5.41) is 13.8. The van der Waals surface area contributed by atoms with Crippen molar-refractivity contribution in [2.45, 2.75) is 44.8 Å². The molecule has 0 saturated heterocycles. The summed E-state index contributed by atoms with van der Waals surface area (Å²) in [6.07, 6.45) is 4.82. The Morgan fingerprint density at radius 3 is 2.67 bits per heavy atom. The average molecular weight is 291 g/mol. The van der Waals surface area contributed by atoms with E-state index in [1.54, 1.807) is 0 Å². The van der Waals surface area contributed by atoms with Gasteiger partial charge in [-0.1, -0.05) is 18.9 Å². The van der Waals surface area contributed by atoms with Gasteiger partial charge in [-0.2, -0.15) is 0 Å². The molecule has 0 amide bonds. The lowest BCUT2D eigenvalue weighted by Crippen LogP contribution is -2.35. The molecule has 1 saturated carbocycles. The van der Waals surface area contributed by atoms with Crippen LogP contribution < -0.4 is 14.8 Å². The van der Waals surface area contributed by atoms with Crippen LogP contribution >= 0.6 is 0 Å². The molecule has 2 aliphatic rings. The molecule has 1 aliphatic carbocycles. The van der Waals surface area contributed by atoms with Gasteiger partial charge in [-0.3, -0.25) is 0 Å². The zero-order valence-electron chi connectivity index (χ0n) is 12.7. The zero-order chi connectivity index (χ0) is 14.7. The molecule has 1 heterocycles. The Balaban J connectivity index is 1.56. The molecule has 116 valence electrons. The van der Waals surface area contributed by atoms with Crippen molar-refractivity contribution >= 4 is 0 Å². The van der Waals surface area contributed by atoms with Crippen molar-refractivity contribution in [1.29, 1.82) is 0 Å². The second kappa shape index (κ2) is 6.67. The molecule has 1 unspecified atom stereocenters. The highest BCUT2D eigenvalue weighted by molar-refractivity contribution is 5.44. The molecule has 0 radical (unpaired) electrons. The summed E-state index contributed by atoms with van der Waals surface area (Å²) in [4.78, 5) is 0. The van der Waals surface area contributed by atoms with Crippen molar-refractivity contribution in [3.05, 3.63) is 23.8 Å². The number of aliphatic hydroxyl groups is 1. The average Bonchev–Trinajstić information content (AvgIpc) is 3.06. The first-order chi connectivity index (χ1) is 10.2. The van der Waals surface area contributed by atoms with E-state index >= 15 is 0 Å². The third-order valence-electron chi connectivity index (χ3n) is 4.69. The SMILES string of the molecule is C[C@@H](NCC(O)c1ccc2c(c1)OCCO2)C1CCCC1. The van der Waals surface area contributed by atoms with Crippen LogP contribution in [-0.2, 0) is 0 Å². The Kier molecular flexibility index (Phi) is 4.66. The Bertz CT molecular complexity index is 471. The Morgan fingerprint density at radius 1 is 1.19 bits per heavy atom. The number of aliphatic hydroxyl groups excluding tert-OH is 1. The predicted molar refractivity (Wildman–Crippen MR) is 81.8 cm³/mol. The highest BCUT2D eigenvalue weighted by Crippen LogP contribution is 2.33. The summed E-state index contributed by atoms with van der Waals surface area (Å²) in [6.45, 7) is 3.97. The van der Waals surface area contributed by atoms with Crippen LogP contribution in [0.1, 0.15) is 44.3 Å². The first-order valence-electron chi connectivity index (χ1n) is 8.05. The molecular weight excluding hydrogens is 266 g/mol. The molecule has 2 atom stereocenters. The van der Waals surface area contributed by atoms with Crippen molar-refractivity contribution in [2.24, 2.45) is 5.92 Å². The molecule has 1 aromatic rings. The van der Waals surface area contributed by atoms with Gasteiger partial charge in [0.15, 0.2) is 11.5 Å². The van der Waals surface area contributed by atoms with Gasteiger partial charge in [-0.05, 0) is 43.4 Å². The fourth-order valence-electron chi connectivity index (χ4n) is 3.31. The van der Waals surface area contributed by atoms with Crippen LogP contribution in [-0.4, -0.2) is 30.9 Å². The van der Waals surface area contributed by atoms with E-state index in [2.05, 4.69) is 12.2 Å². The fraction of sp³-hybridized carbons (Fsp3) is 0.647. The topological polar surface area (TPSA) is 50.7 Å². The van der Waals surface area contributed by atoms with Crippen molar-refractivity contribution < 1.29 is 14.6 Å². The molecule has 0 aromatic heterocycles. The molecular formula is C17H25NO3. The van der Waals surface area contributed by atoms with E-state index in [-0.39, 0.29) is 0 Å². The molecule has 0 bridgehead atoms. The molecule has 0 spiro atoms. The standard InChI is InChI=1S/C17H25NO3/c1-12(13-4-2-3-5-13)18-11-15(19)14-6-7-16-17(10-14)21-9-8-20-16/h6-7,10,12-13,15,18-19H,2-5,8-9,11H2,1H3/t12-,15?/m1/s1. The Morgan fingerprint density at radius 2 is 1.90 bits per heavy atom. The molecule has 4 nitrogen and oxygen atoms in total. The maximum atomic E-state index is 10.4. The van der Waals surface area contributed by atoms with Gasteiger partial charge in [0.25, 0.3) is 0 Å². The van der Waals surface area contributed by atoms with Gasteiger partial charge in [-0.15, -0.1) is 0 Å². The van der Waals surface area contributed by atoms with Gasteiger partial charge in [0.05, 0.1) is 6.10 Å². The molecule has 21 heavy (non-hydrogen) atoms. The maximum Gasteiger partial charge on any atom is 0.161 e. The Labute approximate surface area is 126 Å². The number of rotatable bonds is 5. The van der Waals surface area contributed by atoms with Crippen LogP contribution in [0.5, 0.6) is 11.5 Å². The number of hydrogen-bond acceptors (Lipinski definition) is 4. The summed E-state index contributed by atoms with van der Waals surface area (Å²) >= 11 is 0. The summed E-state index contributed by atoms with van der Waals surface area (Å²) in [7, 11) is 0. The minimum atomic E-state index is -0.510. The van der Waals surface area contributed by atoms with E-state index in [4.69, 9.17) is 9.47 Å². The normalized spacial score (nSPS) is 21.2. The smallest absolute Gasteiger partial charge is 0.161 e. The van der Waals surface area contributed by atoms with Crippen LogP contribution in [0, 0.1) is 5.92 Å². The van der Waals surface area contributed by atoms with Crippen molar-refractivity contribution in [3.8, 4) is 11.5 Å². The van der Waals surface area contributed by atoms with Crippen LogP contribution in [0.25, 0.3) is 0 Å². The van der Waals surface area contributed by atoms with E-state index in [1.165, 1.54) is 25.7 Å². The van der Waals surface area contributed by atoms with Crippen molar-refractivity contribution in [2.75, 3.05) is 19.8 Å². The highest BCUT2D eigenvalue weighted by Gasteiger charge is 2.22. The van der Waals surface area contributed by atoms with Gasteiger partial charge in [0.2, 0.25) is 0 Å². The lowest BCUT2D eigenvalue weighted by Gasteiger charge is -2.23. The van der Waals surface area contributed by atoms with E-state index in [9.17, 15) is 5.11 Å². The zero-order valence-corrected chi connectivity index (χ0v) is 12.7. The number of nitrogens with one attached hydrogen (secondary N) is 1. The lowest BCUT2D eigenvalue weighted by molar-refractivity contribution is 0.158. The van der Waals surface area contributed by atoms with E-state index < -0.39 is 6.10 Å². The van der Waals surface area contributed by atoms with Gasteiger partial charge >= 0.3 is 0 Å². The molecule has 4 heteroatoms. The van der Waals surface area contributed by atoms with E-state index in [1.807, 2.05) is 18.2 Å². The fourth-order valence-corrected chi connectivity index (χ4v) is 3.31. The van der Waals surface area contributed by atoms with Crippen LogP contribution in [0.2, 0.25) is 0 Å². The first-order valence-corrected chi connectivity index (χ1v) is 8.05. The lowest BCUT2D eigenvalue weighted by atomic mass is 9.99. The molecule has 1 fully saturated rings. The second-order valence-corrected chi connectivity index (χ2v) is 6.16. The molecule has 2 N–H and O–H groups in total. The Hall–Kier alpha value is -1.26. The minimum Gasteiger partial charge on any atom is -0.486 e. The molecule has 1 aliphatic heterocycles. The van der Waals surface area contributed by atoms with Gasteiger partial charge in [0, 0.05) is 12.6 Å². The van der Waals surface area contributed by atoms with Crippen LogP contribution in [0.4, 0.5) is 0 Å². The first kappa shape index (κ1) is 14.7.